The first-order valence-corrected chi connectivity index (χ1v) is 7.18. The second-order valence-electron chi connectivity index (χ2n) is 3.76. The molecule has 0 amide bonds. The maximum absolute atomic E-state index is 12.1. The van der Waals surface area contributed by atoms with Gasteiger partial charge in [0.1, 0.15) is 12.2 Å². The van der Waals surface area contributed by atoms with Crippen molar-refractivity contribution in [3.8, 4) is 0 Å². The molecule has 9 nitrogen and oxygen atoms in total. The predicted octanol–water partition coefficient (Wildman–Crippen LogP) is -0.884. The smallest absolute Gasteiger partial charge is 0.258 e. The first-order chi connectivity index (χ1) is 9.13. The molecule has 0 atom stereocenters. The molecule has 0 aliphatic heterocycles. The van der Waals surface area contributed by atoms with E-state index in [9.17, 15) is 8.42 Å². The summed E-state index contributed by atoms with van der Waals surface area (Å²) in [5.41, 5.74) is 0.590. The molecule has 2 heterocycles. The summed E-state index contributed by atoms with van der Waals surface area (Å²) in [6.07, 6.45) is 2.81. The summed E-state index contributed by atoms with van der Waals surface area (Å²) in [5, 5.41) is 15.6. The lowest BCUT2D eigenvalue weighted by atomic mass is 10.3. The maximum atomic E-state index is 12.1. The fraction of sp³-hybridized carbons (Fsp3) is 0.444. The first kappa shape index (κ1) is 13.6. The molecule has 0 aliphatic carbocycles. The molecule has 2 aromatic rings. The molecule has 0 saturated heterocycles. The van der Waals surface area contributed by atoms with Gasteiger partial charge in [-0.2, -0.15) is 10.2 Å². The summed E-state index contributed by atoms with van der Waals surface area (Å²) in [6, 6.07) is 0. The fourth-order valence-corrected chi connectivity index (χ4v) is 2.58. The minimum atomic E-state index is -3.65. The number of aromatic nitrogens is 5. The average molecular weight is 285 g/mol. The zero-order chi connectivity index (χ0) is 13.7. The van der Waals surface area contributed by atoms with Gasteiger partial charge in [0, 0.05) is 12.1 Å². The van der Waals surface area contributed by atoms with E-state index in [2.05, 4.69) is 35.4 Å². The molecule has 0 unspecified atom stereocenters. The standard InChI is InChI=1S/C9H15N7O2S/c1-2-10-3-7-4-12-16-9(7)19(17,18)14-5-8-11-6-13-15-8/h4,6,10,14H,2-3,5H2,1H3,(H,12,16)(H,11,13,15). The van der Waals surface area contributed by atoms with Crippen molar-refractivity contribution in [1.82, 2.24) is 35.4 Å². The Bertz CT molecular complexity index is 604. The van der Waals surface area contributed by atoms with E-state index in [0.29, 0.717) is 17.9 Å². The van der Waals surface area contributed by atoms with Crippen molar-refractivity contribution < 1.29 is 8.42 Å². The molecule has 10 heteroatoms. The molecule has 0 bridgehead atoms. The van der Waals surface area contributed by atoms with Gasteiger partial charge in [0.2, 0.25) is 0 Å². The van der Waals surface area contributed by atoms with Gasteiger partial charge in [-0.1, -0.05) is 6.92 Å². The Balaban J connectivity index is 2.08. The van der Waals surface area contributed by atoms with E-state index in [1.807, 2.05) is 6.92 Å². The van der Waals surface area contributed by atoms with Crippen molar-refractivity contribution in [2.75, 3.05) is 6.54 Å². The second-order valence-corrected chi connectivity index (χ2v) is 5.47. The van der Waals surface area contributed by atoms with Gasteiger partial charge >= 0.3 is 0 Å². The SMILES string of the molecule is CCNCc1cn[nH]c1S(=O)(=O)NCc1ncn[nH]1. The summed E-state index contributed by atoms with van der Waals surface area (Å²) < 4.78 is 26.6. The van der Waals surface area contributed by atoms with Crippen molar-refractivity contribution in [1.29, 1.82) is 0 Å². The quantitative estimate of drug-likeness (QED) is 0.522. The van der Waals surface area contributed by atoms with Crippen molar-refractivity contribution in [3.63, 3.8) is 0 Å². The monoisotopic (exact) mass is 285 g/mol. The Morgan fingerprint density at radius 3 is 2.79 bits per heavy atom. The van der Waals surface area contributed by atoms with E-state index in [0.717, 1.165) is 6.54 Å². The lowest BCUT2D eigenvalue weighted by molar-refractivity contribution is 0.572. The average Bonchev–Trinajstić information content (AvgIpc) is 3.05. The minimum absolute atomic E-state index is 0.0437. The highest BCUT2D eigenvalue weighted by molar-refractivity contribution is 7.89. The second kappa shape index (κ2) is 5.91. The van der Waals surface area contributed by atoms with Crippen LogP contribution in [-0.4, -0.2) is 40.3 Å². The summed E-state index contributed by atoms with van der Waals surface area (Å²) in [5.74, 6) is 0.441. The van der Waals surface area contributed by atoms with Crippen LogP contribution in [0.3, 0.4) is 0 Å². The number of nitrogens with zero attached hydrogens (tertiary/aromatic N) is 3. The van der Waals surface area contributed by atoms with Crippen LogP contribution in [0.1, 0.15) is 18.3 Å². The van der Waals surface area contributed by atoms with Crippen molar-refractivity contribution in [2.24, 2.45) is 0 Å². The third kappa shape index (κ3) is 3.36. The van der Waals surface area contributed by atoms with Crippen LogP contribution in [0.4, 0.5) is 0 Å². The molecular weight excluding hydrogens is 270 g/mol. The molecule has 0 radical (unpaired) electrons. The summed E-state index contributed by atoms with van der Waals surface area (Å²) in [4.78, 5) is 3.84. The van der Waals surface area contributed by atoms with Gasteiger partial charge in [-0.15, -0.1) is 0 Å². The Kier molecular flexibility index (Phi) is 4.24. The topological polar surface area (TPSA) is 128 Å². The van der Waals surface area contributed by atoms with Gasteiger partial charge in [0.25, 0.3) is 10.0 Å². The van der Waals surface area contributed by atoms with Crippen molar-refractivity contribution >= 4 is 10.0 Å². The summed E-state index contributed by atoms with van der Waals surface area (Å²) in [6.45, 7) is 3.17. The normalized spacial score (nSPS) is 11.8. The van der Waals surface area contributed by atoms with Crippen LogP contribution in [-0.2, 0) is 23.1 Å². The Morgan fingerprint density at radius 1 is 1.26 bits per heavy atom. The number of sulfonamides is 1. The lowest BCUT2D eigenvalue weighted by Crippen LogP contribution is -2.26. The number of nitrogens with one attached hydrogen (secondary N) is 4. The van der Waals surface area contributed by atoms with Crippen LogP contribution in [0.25, 0.3) is 0 Å². The van der Waals surface area contributed by atoms with Crippen LogP contribution in [0.2, 0.25) is 0 Å². The molecule has 2 rings (SSSR count). The molecule has 0 saturated carbocycles. The first-order valence-electron chi connectivity index (χ1n) is 5.70. The highest BCUT2D eigenvalue weighted by atomic mass is 32.2. The van der Waals surface area contributed by atoms with Crippen molar-refractivity contribution in [2.45, 2.75) is 25.0 Å². The van der Waals surface area contributed by atoms with Gasteiger partial charge in [0.05, 0.1) is 12.7 Å². The van der Waals surface area contributed by atoms with Gasteiger partial charge in [-0.3, -0.25) is 10.2 Å². The summed E-state index contributed by atoms with van der Waals surface area (Å²) in [7, 11) is -3.65. The molecule has 0 fully saturated rings. The molecule has 2 aromatic heterocycles. The third-order valence-electron chi connectivity index (χ3n) is 2.41. The van der Waals surface area contributed by atoms with E-state index in [4.69, 9.17) is 0 Å². The van der Waals surface area contributed by atoms with Crippen LogP contribution in [0.15, 0.2) is 17.6 Å². The lowest BCUT2D eigenvalue weighted by Gasteiger charge is -2.06. The van der Waals surface area contributed by atoms with Gasteiger partial charge < -0.3 is 5.32 Å². The van der Waals surface area contributed by atoms with Crippen LogP contribution >= 0.6 is 0 Å². The van der Waals surface area contributed by atoms with E-state index in [1.165, 1.54) is 12.5 Å². The van der Waals surface area contributed by atoms with Crippen LogP contribution in [0, 0.1) is 0 Å². The third-order valence-corrected chi connectivity index (χ3v) is 3.82. The zero-order valence-corrected chi connectivity index (χ0v) is 11.2. The maximum Gasteiger partial charge on any atom is 0.258 e. The predicted molar refractivity (Wildman–Crippen MR) is 66.4 cm³/mol. The minimum Gasteiger partial charge on any atom is -0.313 e. The van der Waals surface area contributed by atoms with Crippen LogP contribution < -0.4 is 10.0 Å². The Labute approximate surface area is 110 Å². The fourth-order valence-electron chi connectivity index (χ4n) is 1.47. The molecular formula is C9H15N7O2S. The summed E-state index contributed by atoms with van der Waals surface area (Å²) >= 11 is 0. The van der Waals surface area contributed by atoms with Crippen LogP contribution in [0.5, 0.6) is 0 Å². The highest BCUT2D eigenvalue weighted by Gasteiger charge is 2.20. The van der Waals surface area contributed by atoms with E-state index >= 15 is 0 Å². The number of aromatic amines is 2. The van der Waals surface area contributed by atoms with Crippen molar-refractivity contribution in [3.05, 3.63) is 23.9 Å². The van der Waals surface area contributed by atoms with Gasteiger partial charge in [-0.05, 0) is 6.54 Å². The molecule has 0 spiro atoms. The van der Waals surface area contributed by atoms with Gasteiger partial charge in [0.15, 0.2) is 5.03 Å². The highest BCUT2D eigenvalue weighted by Crippen LogP contribution is 2.11. The molecule has 104 valence electrons. The number of hydrogen-bond donors (Lipinski definition) is 4. The molecule has 4 N–H and O–H groups in total. The largest absolute Gasteiger partial charge is 0.313 e. The molecule has 19 heavy (non-hydrogen) atoms. The van der Waals surface area contributed by atoms with Gasteiger partial charge in [-0.25, -0.2) is 18.1 Å². The Hall–Kier alpha value is -1.78. The van der Waals surface area contributed by atoms with E-state index in [1.54, 1.807) is 0 Å². The zero-order valence-electron chi connectivity index (χ0n) is 10.3. The molecule has 0 aromatic carbocycles. The molecule has 0 aliphatic rings. The van der Waals surface area contributed by atoms with E-state index in [-0.39, 0.29) is 11.6 Å². The number of H-pyrrole nitrogens is 2. The number of rotatable bonds is 7. The number of hydrogen-bond acceptors (Lipinski definition) is 6. The van der Waals surface area contributed by atoms with E-state index < -0.39 is 10.0 Å². The Morgan fingerprint density at radius 2 is 2.11 bits per heavy atom.